The molecule has 5 aromatic rings. The van der Waals surface area contributed by atoms with E-state index in [0.717, 1.165) is 16.7 Å². The molecule has 0 radical (unpaired) electrons. The number of phenols is 1. The molecular formula is C26H20N4O4. The molecule has 0 bridgehead atoms. The van der Waals surface area contributed by atoms with Crippen LogP contribution in [0.5, 0.6) is 28.9 Å². The van der Waals surface area contributed by atoms with Crippen molar-refractivity contribution in [2.75, 3.05) is 7.11 Å². The third kappa shape index (κ3) is 3.36. The van der Waals surface area contributed by atoms with Gasteiger partial charge in [-0.1, -0.05) is 48.5 Å². The van der Waals surface area contributed by atoms with Crippen molar-refractivity contribution in [2.24, 2.45) is 0 Å². The average molecular weight is 452 g/mol. The number of para-hydroxylation sites is 2. The smallest absolute Gasteiger partial charge is 0.228 e. The minimum absolute atomic E-state index is 0.133. The topological polar surface area (TPSA) is 91.0 Å². The standard InChI is InChI=1S/C26H20N4O4/c1-32-19-9-5-6-10-20(19)33-14-22-28-25-24-23(16-7-3-2-4-8-16)18-12-11-17(31)13-21(18)34-26(24)27-15-30(25)29-22/h2-13,15,23,31H,14H2,1H3/t23-/m1/s1. The highest BCUT2D eigenvalue weighted by atomic mass is 16.5. The van der Waals surface area contributed by atoms with E-state index < -0.39 is 0 Å². The highest BCUT2D eigenvalue weighted by molar-refractivity contribution is 5.66. The quantitative estimate of drug-likeness (QED) is 0.405. The minimum Gasteiger partial charge on any atom is -0.508 e. The molecule has 8 nitrogen and oxygen atoms in total. The van der Waals surface area contributed by atoms with Gasteiger partial charge in [0, 0.05) is 17.5 Å². The number of fused-ring (bicyclic) bond motifs is 4. The lowest BCUT2D eigenvalue weighted by molar-refractivity contribution is 0.276. The Hall–Kier alpha value is -4.59. The van der Waals surface area contributed by atoms with E-state index in [2.05, 4.69) is 22.2 Å². The van der Waals surface area contributed by atoms with E-state index in [0.29, 0.717) is 34.6 Å². The van der Waals surface area contributed by atoms with E-state index in [9.17, 15) is 5.11 Å². The first-order chi connectivity index (χ1) is 16.7. The SMILES string of the molecule is COc1ccccc1OCc1nc2c3c(ncn2n1)Oc1cc(O)ccc1[C@H]3c1ccccc1. The number of rotatable bonds is 5. The summed E-state index contributed by atoms with van der Waals surface area (Å²) in [4.78, 5) is 9.29. The molecule has 6 rings (SSSR count). The molecule has 0 amide bonds. The number of aromatic nitrogens is 4. The van der Waals surface area contributed by atoms with Gasteiger partial charge in [-0.3, -0.25) is 0 Å². The van der Waals surface area contributed by atoms with Crippen LogP contribution < -0.4 is 14.2 Å². The molecule has 0 saturated carbocycles. The first-order valence-electron chi connectivity index (χ1n) is 10.8. The maximum absolute atomic E-state index is 10.0. The van der Waals surface area contributed by atoms with Gasteiger partial charge < -0.3 is 19.3 Å². The van der Waals surface area contributed by atoms with E-state index >= 15 is 0 Å². The zero-order chi connectivity index (χ0) is 23.1. The van der Waals surface area contributed by atoms with E-state index in [4.69, 9.17) is 19.2 Å². The largest absolute Gasteiger partial charge is 0.508 e. The number of aromatic hydroxyl groups is 1. The minimum atomic E-state index is -0.191. The molecule has 8 heteroatoms. The van der Waals surface area contributed by atoms with Gasteiger partial charge in [0.25, 0.3) is 0 Å². The van der Waals surface area contributed by atoms with Crippen LogP contribution in [0.2, 0.25) is 0 Å². The lowest BCUT2D eigenvalue weighted by atomic mass is 9.84. The fraction of sp³-hybridized carbons (Fsp3) is 0.115. The van der Waals surface area contributed by atoms with Gasteiger partial charge >= 0.3 is 0 Å². The van der Waals surface area contributed by atoms with Crippen molar-refractivity contribution in [3.63, 3.8) is 0 Å². The first-order valence-corrected chi connectivity index (χ1v) is 10.8. The van der Waals surface area contributed by atoms with E-state index in [1.165, 1.54) is 0 Å². The van der Waals surface area contributed by atoms with Crippen LogP contribution in [0.15, 0.2) is 79.1 Å². The zero-order valence-corrected chi connectivity index (χ0v) is 18.3. The molecule has 1 N–H and O–H groups in total. The number of phenolic OH excluding ortho intramolecular Hbond substituents is 1. The van der Waals surface area contributed by atoms with Gasteiger partial charge in [0.1, 0.15) is 24.4 Å². The van der Waals surface area contributed by atoms with Crippen molar-refractivity contribution in [3.05, 3.63) is 102 Å². The van der Waals surface area contributed by atoms with Crippen LogP contribution in [-0.4, -0.2) is 31.8 Å². The molecule has 0 saturated heterocycles. The van der Waals surface area contributed by atoms with Crippen molar-refractivity contribution in [1.29, 1.82) is 0 Å². The molecule has 0 aliphatic carbocycles. The fourth-order valence-electron chi connectivity index (χ4n) is 4.28. The number of nitrogens with zero attached hydrogens (tertiary/aromatic N) is 4. The highest BCUT2D eigenvalue weighted by Gasteiger charge is 2.33. The van der Waals surface area contributed by atoms with Crippen molar-refractivity contribution >= 4 is 5.65 Å². The van der Waals surface area contributed by atoms with Crippen molar-refractivity contribution in [2.45, 2.75) is 12.5 Å². The summed E-state index contributed by atoms with van der Waals surface area (Å²) < 4.78 is 19.0. The van der Waals surface area contributed by atoms with Gasteiger partial charge in [0.15, 0.2) is 23.0 Å². The Labute approximate surface area is 195 Å². The predicted octanol–water partition coefficient (Wildman–Crippen LogP) is 4.70. The molecule has 1 aliphatic heterocycles. The molecule has 0 unspecified atom stereocenters. The Morgan fingerprint density at radius 1 is 1.00 bits per heavy atom. The van der Waals surface area contributed by atoms with E-state index in [1.807, 2.05) is 48.5 Å². The van der Waals surface area contributed by atoms with Crippen molar-refractivity contribution < 1.29 is 19.3 Å². The van der Waals surface area contributed by atoms with Gasteiger partial charge in [-0.2, -0.15) is 0 Å². The second kappa shape index (κ2) is 8.08. The molecule has 1 atom stereocenters. The number of benzene rings is 3. The van der Waals surface area contributed by atoms with Crippen LogP contribution in [0, 0.1) is 0 Å². The summed E-state index contributed by atoms with van der Waals surface area (Å²) in [7, 11) is 1.60. The molecule has 34 heavy (non-hydrogen) atoms. The van der Waals surface area contributed by atoms with Crippen LogP contribution in [0.3, 0.4) is 0 Å². The predicted molar refractivity (Wildman–Crippen MR) is 124 cm³/mol. The lowest BCUT2D eigenvalue weighted by Crippen LogP contribution is -2.14. The lowest BCUT2D eigenvalue weighted by Gasteiger charge is -2.27. The number of methoxy groups -OCH3 is 1. The van der Waals surface area contributed by atoms with Crippen molar-refractivity contribution in [1.82, 2.24) is 19.6 Å². The number of ether oxygens (including phenoxy) is 3. The summed E-state index contributed by atoms with van der Waals surface area (Å²) >= 11 is 0. The van der Waals surface area contributed by atoms with Crippen LogP contribution >= 0.6 is 0 Å². The van der Waals surface area contributed by atoms with Crippen LogP contribution in [0.4, 0.5) is 0 Å². The summed E-state index contributed by atoms with van der Waals surface area (Å²) in [6, 6.07) is 22.7. The molecule has 0 fully saturated rings. The van der Waals surface area contributed by atoms with Crippen molar-refractivity contribution in [3.8, 4) is 28.9 Å². The van der Waals surface area contributed by atoms with E-state index in [1.54, 1.807) is 30.1 Å². The molecule has 1 aliphatic rings. The molecular weight excluding hydrogens is 432 g/mol. The van der Waals surface area contributed by atoms with Gasteiger partial charge in [0.05, 0.1) is 12.7 Å². The van der Waals surface area contributed by atoms with Crippen LogP contribution in [-0.2, 0) is 6.61 Å². The summed E-state index contributed by atoms with van der Waals surface area (Å²) in [5, 5.41) is 14.6. The Kier molecular flexibility index (Phi) is 4.76. The van der Waals surface area contributed by atoms with Gasteiger partial charge in [-0.25, -0.2) is 14.5 Å². The van der Waals surface area contributed by atoms with Gasteiger partial charge in [-0.15, -0.1) is 5.10 Å². The molecule has 0 spiro atoms. The van der Waals surface area contributed by atoms with Gasteiger partial charge in [-0.05, 0) is 23.8 Å². The summed E-state index contributed by atoms with van der Waals surface area (Å²) in [6.07, 6.45) is 1.57. The van der Waals surface area contributed by atoms with E-state index in [-0.39, 0.29) is 18.3 Å². The second-order valence-electron chi connectivity index (χ2n) is 7.87. The third-order valence-corrected chi connectivity index (χ3v) is 5.79. The van der Waals surface area contributed by atoms with Gasteiger partial charge in [0.2, 0.25) is 5.88 Å². The summed E-state index contributed by atoms with van der Waals surface area (Å²) in [6.45, 7) is 0.165. The molecule has 3 aromatic carbocycles. The monoisotopic (exact) mass is 452 g/mol. The molecule has 2 aromatic heterocycles. The molecule has 3 heterocycles. The average Bonchev–Trinajstić information content (AvgIpc) is 3.30. The fourth-order valence-corrected chi connectivity index (χ4v) is 4.28. The Balaban J connectivity index is 1.44. The molecule has 168 valence electrons. The number of hydrogen-bond donors (Lipinski definition) is 1. The normalized spacial score (nSPS) is 14.2. The Morgan fingerprint density at radius 3 is 2.62 bits per heavy atom. The first kappa shape index (κ1) is 20.0. The van der Waals surface area contributed by atoms with Crippen LogP contribution in [0.25, 0.3) is 5.65 Å². The third-order valence-electron chi connectivity index (χ3n) is 5.79. The highest BCUT2D eigenvalue weighted by Crippen LogP contribution is 2.48. The van der Waals surface area contributed by atoms with Crippen LogP contribution in [0.1, 0.15) is 28.4 Å². The number of hydrogen-bond acceptors (Lipinski definition) is 7. The Morgan fingerprint density at radius 2 is 1.79 bits per heavy atom. The second-order valence-corrected chi connectivity index (χ2v) is 7.87. The maximum atomic E-state index is 10.0. The maximum Gasteiger partial charge on any atom is 0.228 e. The Bertz CT molecular complexity index is 1500. The summed E-state index contributed by atoms with van der Waals surface area (Å²) in [5.41, 5.74) is 3.42. The summed E-state index contributed by atoms with van der Waals surface area (Å²) in [5.74, 6) is 2.70. The zero-order valence-electron chi connectivity index (χ0n) is 18.3.